The van der Waals surface area contributed by atoms with Crippen LogP contribution >= 0.6 is 0 Å². The number of hydrogen-bond donors (Lipinski definition) is 0. The minimum Gasteiger partial charge on any atom is -0.435 e. The average molecular weight is 669 g/mol. The van der Waals surface area contributed by atoms with Crippen LogP contribution in [0.5, 0.6) is 0 Å². The van der Waals surface area contributed by atoms with E-state index in [1.807, 2.05) is 66.7 Å². The number of benzene rings is 7. The van der Waals surface area contributed by atoms with Gasteiger partial charge in [-0.2, -0.15) is 0 Å². The zero-order valence-corrected chi connectivity index (χ0v) is 28.7. The smallest absolute Gasteiger partial charge is 0.227 e. The second kappa shape index (κ2) is 11.7. The molecule has 0 saturated heterocycles. The second-order valence-corrected chi connectivity index (χ2v) is 13.9. The Kier molecular flexibility index (Phi) is 6.77. The standard InChI is InChI=1S/C47H32N4O/c1-47(2)37-21-10-9-18-35(37)41-36(20-12-22-38(41)47)45-50-43(31-13-5-3-6-14-31)49-44(51-45)32-25-23-29(24-26-32)34-19-11-17-30-27-28-39-42(40(30)34)52-46(48-39)33-15-7-4-8-16-33/h3-28H,1-2H3. The summed E-state index contributed by atoms with van der Waals surface area (Å²) in [6.45, 7) is 4.59. The summed E-state index contributed by atoms with van der Waals surface area (Å²) in [5.74, 6) is 2.54. The van der Waals surface area contributed by atoms with Crippen molar-refractivity contribution >= 4 is 21.9 Å². The van der Waals surface area contributed by atoms with Crippen LogP contribution in [0.4, 0.5) is 0 Å². The van der Waals surface area contributed by atoms with Gasteiger partial charge in [-0.05, 0) is 57.0 Å². The van der Waals surface area contributed by atoms with E-state index in [-0.39, 0.29) is 5.41 Å². The Bertz CT molecular complexity index is 2800. The van der Waals surface area contributed by atoms with Crippen LogP contribution in [0.1, 0.15) is 25.0 Å². The summed E-state index contributed by atoms with van der Waals surface area (Å²) in [7, 11) is 0. The van der Waals surface area contributed by atoms with Gasteiger partial charge in [0.05, 0.1) is 0 Å². The summed E-state index contributed by atoms with van der Waals surface area (Å²) < 4.78 is 6.46. The predicted octanol–water partition coefficient (Wildman–Crippen LogP) is 11.8. The molecule has 5 heteroatoms. The maximum absolute atomic E-state index is 6.46. The van der Waals surface area contributed by atoms with Gasteiger partial charge in [0.1, 0.15) is 5.52 Å². The van der Waals surface area contributed by atoms with E-state index in [9.17, 15) is 0 Å². The fraction of sp³-hybridized carbons (Fsp3) is 0.0638. The lowest BCUT2D eigenvalue weighted by Crippen LogP contribution is -2.14. The maximum atomic E-state index is 6.46. The van der Waals surface area contributed by atoms with Gasteiger partial charge < -0.3 is 4.42 Å². The molecule has 0 unspecified atom stereocenters. The molecule has 2 heterocycles. The van der Waals surface area contributed by atoms with Crippen LogP contribution in [0.3, 0.4) is 0 Å². The molecule has 0 atom stereocenters. The van der Waals surface area contributed by atoms with E-state index in [1.54, 1.807) is 0 Å². The zero-order chi connectivity index (χ0) is 34.8. The van der Waals surface area contributed by atoms with Crippen molar-refractivity contribution in [2.24, 2.45) is 0 Å². The molecule has 52 heavy (non-hydrogen) atoms. The van der Waals surface area contributed by atoms with Gasteiger partial charge in [-0.25, -0.2) is 19.9 Å². The van der Waals surface area contributed by atoms with Gasteiger partial charge in [-0.1, -0.05) is 153 Å². The fourth-order valence-corrected chi connectivity index (χ4v) is 7.78. The van der Waals surface area contributed by atoms with Gasteiger partial charge in [0, 0.05) is 33.1 Å². The lowest BCUT2D eigenvalue weighted by atomic mass is 9.82. The van der Waals surface area contributed by atoms with E-state index in [0.717, 1.165) is 55.3 Å². The molecule has 0 N–H and O–H groups in total. The molecule has 7 aromatic carbocycles. The summed E-state index contributed by atoms with van der Waals surface area (Å²) in [4.78, 5) is 20.2. The van der Waals surface area contributed by atoms with Crippen molar-refractivity contribution in [3.05, 3.63) is 169 Å². The highest BCUT2D eigenvalue weighted by Gasteiger charge is 2.37. The molecule has 10 rings (SSSR count). The molecule has 2 aromatic heterocycles. The Labute approximate surface area is 301 Å². The Hall–Kier alpha value is -6.72. The van der Waals surface area contributed by atoms with Gasteiger partial charge in [-0.3, -0.25) is 0 Å². The van der Waals surface area contributed by atoms with E-state index in [0.29, 0.717) is 23.4 Å². The molecular formula is C47H32N4O. The molecule has 0 saturated carbocycles. The molecule has 9 aromatic rings. The summed E-state index contributed by atoms with van der Waals surface area (Å²) in [6.07, 6.45) is 0. The Morgan fingerprint density at radius 1 is 0.423 bits per heavy atom. The van der Waals surface area contributed by atoms with Crippen molar-refractivity contribution in [1.29, 1.82) is 0 Å². The van der Waals surface area contributed by atoms with Crippen molar-refractivity contribution in [3.63, 3.8) is 0 Å². The SMILES string of the molecule is CC1(C)c2ccccc2-c2c(-c3nc(-c4ccccc4)nc(-c4ccc(-c5cccc6ccc7nc(-c8ccccc8)oc7c56)cc4)n3)cccc21. The molecule has 1 aliphatic carbocycles. The van der Waals surface area contributed by atoms with Crippen LogP contribution in [0.15, 0.2) is 162 Å². The fourth-order valence-electron chi connectivity index (χ4n) is 7.78. The third-order valence-corrected chi connectivity index (χ3v) is 10.4. The zero-order valence-electron chi connectivity index (χ0n) is 28.7. The highest BCUT2D eigenvalue weighted by atomic mass is 16.3. The van der Waals surface area contributed by atoms with Crippen LogP contribution in [0, 0.1) is 0 Å². The van der Waals surface area contributed by atoms with Gasteiger partial charge in [0.25, 0.3) is 0 Å². The minimum absolute atomic E-state index is 0.127. The Balaban J connectivity index is 1.11. The van der Waals surface area contributed by atoms with E-state index >= 15 is 0 Å². The van der Waals surface area contributed by atoms with Gasteiger partial charge in [0.15, 0.2) is 23.1 Å². The molecule has 0 fully saturated rings. The molecule has 246 valence electrons. The molecule has 0 bridgehead atoms. The first kappa shape index (κ1) is 30.1. The van der Waals surface area contributed by atoms with Crippen LogP contribution in [0.2, 0.25) is 0 Å². The van der Waals surface area contributed by atoms with E-state index < -0.39 is 0 Å². The van der Waals surface area contributed by atoms with Crippen LogP contribution < -0.4 is 0 Å². The number of fused-ring (bicyclic) bond motifs is 6. The summed E-state index contributed by atoms with van der Waals surface area (Å²) in [6, 6.07) is 54.4. The molecule has 0 amide bonds. The number of oxazole rings is 1. The van der Waals surface area contributed by atoms with Crippen LogP contribution in [-0.4, -0.2) is 19.9 Å². The van der Waals surface area contributed by atoms with Crippen LogP contribution in [-0.2, 0) is 5.41 Å². The van der Waals surface area contributed by atoms with Crippen molar-refractivity contribution in [2.45, 2.75) is 19.3 Å². The van der Waals surface area contributed by atoms with E-state index in [2.05, 4.69) is 105 Å². The molecule has 5 nitrogen and oxygen atoms in total. The largest absolute Gasteiger partial charge is 0.435 e. The highest BCUT2D eigenvalue weighted by molar-refractivity contribution is 6.11. The first-order valence-corrected chi connectivity index (χ1v) is 17.6. The lowest BCUT2D eigenvalue weighted by Gasteiger charge is -2.21. The molecule has 1 aliphatic rings. The molecular weight excluding hydrogens is 637 g/mol. The average Bonchev–Trinajstić information content (AvgIpc) is 3.75. The lowest BCUT2D eigenvalue weighted by molar-refractivity contribution is 0.623. The summed E-state index contributed by atoms with van der Waals surface area (Å²) in [5, 5.41) is 2.14. The van der Waals surface area contributed by atoms with Crippen molar-refractivity contribution in [1.82, 2.24) is 19.9 Å². The minimum atomic E-state index is -0.127. The first-order chi connectivity index (χ1) is 25.5. The van der Waals surface area contributed by atoms with E-state index in [1.165, 1.54) is 22.3 Å². The predicted molar refractivity (Wildman–Crippen MR) is 210 cm³/mol. The second-order valence-electron chi connectivity index (χ2n) is 13.9. The van der Waals surface area contributed by atoms with Gasteiger partial charge in [0.2, 0.25) is 5.89 Å². The molecule has 0 spiro atoms. The normalized spacial score (nSPS) is 13.0. The summed E-state index contributed by atoms with van der Waals surface area (Å²) in [5.41, 5.74) is 12.5. The first-order valence-electron chi connectivity index (χ1n) is 17.6. The third kappa shape index (κ3) is 4.78. The highest BCUT2D eigenvalue weighted by Crippen LogP contribution is 2.51. The molecule has 0 radical (unpaired) electrons. The Morgan fingerprint density at radius 3 is 1.77 bits per heavy atom. The number of nitrogens with zero attached hydrogens (tertiary/aromatic N) is 4. The van der Waals surface area contributed by atoms with Gasteiger partial charge >= 0.3 is 0 Å². The number of rotatable bonds is 5. The van der Waals surface area contributed by atoms with Crippen molar-refractivity contribution in [3.8, 4) is 67.9 Å². The van der Waals surface area contributed by atoms with Crippen LogP contribution in [0.25, 0.3) is 89.7 Å². The Morgan fingerprint density at radius 2 is 1.00 bits per heavy atom. The molecule has 0 aliphatic heterocycles. The quantitative estimate of drug-likeness (QED) is 0.183. The maximum Gasteiger partial charge on any atom is 0.227 e. The number of hydrogen-bond acceptors (Lipinski definition) is 5. The third-order valence-electron chi connectivity index (χ3n) is 10.4. The van der Waals surface area contributed by atoms with E-state index in [4.69, 9.17) is 24.4 Å². The number of aromatic nitrogens is 4. The summed E-state index contributed by atoms with van der Waals surface area (Å²) >= 11 is 0. The van der Waals surface area contributed by atoms with Crippen molar-refractivity contribution in [2.75, 3.05) is 0 Å². The monoisotopic (exact) mass is 668 g/mol. The van der Waals surface area contributed by atoms with Crippen molar-refractivity contribution < 1.29 is 4.42 Å². The van der Waals surface area contributed by atoms with Gasteiger partial charge in [-0.15, -0.1) is 0 Å². The topological polar surface area (TPSA) is 64.7 Å².